The number of nitrogens with one attached hydrogen (secondary N) is 1. The van der Waals surface area contributed by atoms with Gasteiger partial charge in [0.05, 0.1) is 5.39 Å². The first-order valence-electron chi connectivity index (χ1n) is 9.31. The van der Waals surface area contributed by atoms with Crippen molar-refractivity contribution >= 4 is 16.7 Å². The van der Waals surface area contributed by atoms with Crippen LogP contribution >= 0.6 is 0 Å². The van der Waals surface area contributed by atoms with E-state index in [0.29, 0.717) is 29.1 Å². The van der Waals surface area contributed by atoms with Gasteiger partial charge in [-0.25, -0.2) is 8.78 Å². The van der Waals surface area contributed by atoms with Gasteiger partial charge in [0, 0.05) is 31.3 Å². The number of aromatic nitrogens is 2. The minimum Gasteiger partial charge on any atom is -0.346 e. The maximum absolute atomic E-state index is 15.4. The highest BCUT2D eigenvalue weighted by molar-refractivity contribution is 5.92. The van der Waals surface area contributed by atoms with E-state index < -0.39 is 11.6 Å². The van der Waals surface area contributed by atoms with Crippen molar-refractivity contribution in [3.8, 4) is 0 Å². The Bertz CT molecular complexity index is 924. The summed E-state index contributed by atoms with van der Waals surface area (Å²) in [5.41, 5.74) is 1.42. The lowest BCUT2D eigenvalue weighted by Gasteiger charge is -2.31. The lowest BCUT2D eigenvalue weighted by molar-refractivity contribution is 0.250. The average molecular weight is 373 g/mol. The van der Waals surface area contributed by atoms with Crippen molar-refractivity contribution in [2.45, 2.75) is 25.2 Å². The highest BCUT2D eigenvalue weighted by atomic mass is 19.1. The normalized spacial score (nSPS) is 19.8. The molecule has 27 heavy (non-hydrogen) atoms. The zero-order valence-electron chi connectivity index (χ0n) is 15.9. The van der Waals surface area contributed by atoms with Gasteiger partial charge in [-0.1, -0.05) is 13.2 Å². The van der Waals surface area contributed by atoms with Crippen LogP contribution in [0.2, 0.25) is 0 Å². The van der Waals surface area contributed by atoms with Crippen molar-refractivity contribution in [1.82, 2.24) is 20.0 Å². The third-order valence-corrected chi connectivity index (χ3v) is 5.70. The summed E-state index contributed by atoms with van der Waals surface area (Å²) in [6, 6.07) is 1.44. The second kappa shape index (κ2) is 6.64. The number of fused-ring (bicyclic) bond motifs is 1. The van der Waals surface area contributed by atoms with E-state index in [9.17, 15) is 0 Å². The number of hydrogen-bond donors (Lipinski definition) is 1. The van der Waals surface area contributed by atoms with Crippen molar-refractivity contribution in [2.24, 2.45) is 7.05 Å². The number of benzene rings is 1. The maximum Gasteiger partial charge on any atom is 0.164 e. The van der Waals surface area contributed by atoms with Crippen LogP contribution in [0.5, 0.6) is 0 Å². The molecule has 0 unspecified atom stereocenters. The minimum absolute atomic E-state index is 0.0982. The zero-order chi connectivity index (χ0) is 19.3. The Hall–Kier alpha value is -2.41. The second-order valence-electron chi connectivity index (χ2n) is 7.58. The number of nitrogens with zero attached hydrogens (tertiary/aromatic N) is 4. The van der Waals surface area contributed by atoms with Crippen molar-refractivity contribution in [3.63, 3.8) is 0 Å². The molecule has 3 heterocycles. The Morgan fingerprint density at radius 2 is 1.85 bits per heavy atom. The van der Waals surface area contributed by atoms with E-state index >= 15 is 8.78 Å². The average Bonchev–Trinajstić information content (AvgIpc) is 2.93. The van der Waals surface area contributed by atoms with E-state index in [0.717, 1.165) is 38.0 Å². The SMILES string of the molecule is C=C1CCN(c2nn(C)c3c(F)c(C4CCN(C)CC4)c(F)cc23)C(=C)N1. The van der Waals surface area contributed by atoms with Gasteiger partial charge in [-0.05, 0) is 45.0 Å². The van der Waals surface area contributed by atoms with Crippen LogP contribution in [0.4, 0.5) is 14.6 Å². The number of anilines is 1. The van der Waals surface area contributed by atoms with E-state index in [4.69, 9.17) is 0 Å². The van der Waals surface area contributed by atoms with Gasteiger partial charge in [0.2, 0.25) is 0 Å². The molecular weight excluding hydrogens is 348 g/mol. The van der Waals surface area contributed by atoms with Crippen molar-refractivity contribution in [2.75, 3.05) is 31.6 Å². The quantitative estimate of drug-likeness (QED) is 0.875. The molecule has 144 valence electrons. The molecule has 1 aromatic carbocycles. The highest BCUT2D eigenvalue weighted by Crippen LogP contribution is 2.38. The summed E-state index contributed by atoms with van der Waals surface area (Å²) in [6.45, 7) is 10.2. The zero-order valence-corrected chi connectivity index (χ0v) is 15.9. The van der Waals surface area contributed by atoms with Crippen LogP contribution in [-0.2, 0) is 7.05 Å². The van der Waals surface area contributed by atoms with E-state index in [-0.39, 0.29) is 11.5 Å². The predicted molar refractivity (Wildman–Crippen MR) is 103 cm³/mol. The Morgan fingerprint density at radius 1 is 1.15 bits per heavy atom. The van der Waals surface area contributed by atoms with Crippen LogP contribution < -0.4 is 10.2 Å². The van der Waals surface area contributed by atoms with Crippen LogP contribution in [0.1, 0.15) is 30.7 Å². The molecule has 1 N–H and O–H groups in total. The largest absolute Gasteiger partial charge is 0.346 e. The Balaban J connectivity index is 1.80. The fourth-order valence-electron chi connectivity index (χ4n) is 4.18. The summed E-state index contributed by atoms with van der Waals surface area (Å²) in [5, 5.41) is 8.05. The molecule has 0 saturated carbocycles. The molecule has 0 aliphatic carbocycles. The molecule has 2 fully saturated rings. The molecule has 0 amide bonds. The van der Waals surface area contributed by atoms with Gasteiger partial charge in [-0.3, -0.25) is 4.68 Å². The third-order valence-electron chi connectivity index (χ3n) is 5.70. The van der Waals surface area contributed by atoms with Crippen LogP contribution in [0.25, 0.3) is 10.9 Å². The highest BCUT2D eigenvalue weighted by Gasteiger charge is 2.30. The van der Waals surface area contributed by atoms with Crippen LogP contribution in [-0.4, -0.2) is 41.4 Å². The molecule has 0 spiro atoms. The Morgan fingerprint density at radius 3 is 2.52 bits per heavy atom. The molecular formula is C20H25F2N5. The molecule has 0 bridgehead atoms. The number of piperidine rings is 1. The molecule has 0 radical (unpaired) electrons. The number of likely N-dealkylation sites (tertiary alicyclic amines) is 1. The van der Waals surface area contributed by atoms with Gasteiger partial charge in [-0.15, -0.1) is 0 Å². The summed E-state index contributed by atoms with van der Waals surface area (Å²) in [7, 11) is 3.73. The summed E-state index contributed by atoms with van der Waals surface area (Å²) in [6.07, 6.45) is 2.24. The van der Waals surface area contributed by atoms with Crippen LogP contribution in [0, 0.1) is 11.6 Å². The molecule has 2 aliphatic rings. The monoisotopic (exact) mass is 373 g/mol. The number of halogens is 2. The van der Waals surface area contributed by atoms with Gasteiger partial charge in [-0.2, -0.15) is 5.10 Å². The van der Waals surface area contributed by atoms with Gasteiger partial charge in [0.1, 0.15) is 17.2 Å². The summed E-state index contributed by atoms with van der Waals surface area (Å²) in [4.78, 5) is 4.04. The van der Waals surface area contributed by atoms with Gasteiger partial charge in [0.15, 0.2) is 11.6 Å². The molecule has 2 aliphatic heterocycles. The molecule has 5 nitrogen and oxygen atoms in total. The summed E-state index contributed by atoms with van der Waals surface area (Å²) >= 11 is 0. The fourth-order valence-corrected chi connectivity index (χ4v) is 4.18. The van der Waals surface area contributed by atoms with Crippen molar-refractivity contribution in [1.29, 1.82) is 0 Å². The van der Waals surface area contributed by atoms with Crippen molar-refractivity contribution in [3.05, 3.63) is 47.9 Å². The predicted octanol–water partition coefficient (Wildman–Crippen LogP) is 3.45. The molecule has 1 aromatic heterocycles. The first kappa shape index (κ1) is 18.0. The van der Waals surface area contributed by atoms with E-state index in [1.807, 2.05) is 11.9 Å². The van der Waals surface area contributed by atoms with Crippen LogP contribution in [0.3, 0.4) is 0 Å². The molecule has 0 atom stereocenters. The first-order chi connectivity index (χ1) is 12.9. The van der Waals surface area contributed by atoms with Crippen LogP contribution in [0.15, 0.2) is 30.7 Å². The van der Waals surface area contributed by atoms with E-state index in [2.05, 4.69) is 28.5 Å². The van der Waals surface area contributed by atoms with Gasteiger partial charge < -0.3 is 15.1 Å². The summed E-state index contributed by atoms with van der Waals surface area (Å²) < 4.78 is 32.0. The van der Waals surface area contributed by atoms with E-state index in [1.54, 1.807) is 7.05 Å². The lowest BCUT2D eigenvalue weighted by atomic mass is 9.88. The molecule has 2 saturated heterocycles. The second-order valence-corrected chi connectivity index (χ2v) is 7.58. The first-order valence-corrected chi connectivity index (χ1v) is 9.31. The minimum atomic E-state index is -0.485. The number of rotatable bonds is 2. The third kappa shape index (κ3) is 3.00. The molecule has 2 aromatic rings. The Labute approximate surface area is 157 Å². The van der Waals surface area contributed by atoms with Crippen molar-refractivity contribution < 1.29 is 8.78 Å². The van der Waals surface area contributed by atoms with Gasteiger partial charge in [0.25, 0.3) is 0 Å². The van der Waals surface area contributed by atoms with E-state index in [1.165, 1.54) is 10.7 Å². The maximum atomic E-state index is 15.4. The lowest BCUT2D eigenvalue weighted by Crippen LogP contribution is -2.37. The topological polar surface area (TPSA) is 36.3 Å². The summed E-state index contributed by atoms with van der Waals surface area (Å²) in [5.74, 6) is 0.0696. The Kier molecular flexibility index (Phi) is 4.42. The smallest absolute Gasteiger partial charge is 0.164 e. The fraction of sp³-hybridized carbons (Fsp3) is 0.450. The molecule has 4 rings (SSSR count). The van der Waals surface area contributed by atoms with Gasteiger partial charge >= 0.3 is 0 Å². The number of aryl methyl sites for hydroxylation is 1. The standard InChI is InChI=1S/C20H25F2N5/c1-12-5-10-27(13(2)23-12)20-15-11-16(21)17(14-6-8-25(3)9-7-14)18(22)19(15)26(4)24-20/h11,14,23H,1-2,5-10H2,3-4H3. The molecule has 7 heteroatoms. The number of hydrogen-bond acceptors (Lipinski definition) is 4.